The van der Waals surface area contributed by atoms with Crippen molar-refractivity contribution in [2.75, 3.05) is 34.1 Å². The van der Waals surface area contributed by atoms with Crippen LogP contribution in [-0.4, -0.2) is 45.3 Å². The molecule has 0 saturated carbocycles. The molecule has 0 amide bonds. The number of rotatable bonds is 4. The summed E-state index contributed by atoms with van der Waals surface area (Å²) in [5.41, 5.74) is 2.64. The highest BCUT2D eigenvalue weighted by Crippen LogP contribution is 2.49. The Hall–Kier alpha value is -2.69. The highest BCUT2D eigenvalue weighted by Gasteiger charge is 2.33. The quantitative estimate of drug-likeness (QED) is 0.516. The first-order valence-electron chi connectivity index (χ1n) is 9.18. The monoisotopic (exact) mass is 457 g/mol. The average Bonchev–Trinajstić information content (AvgIpc) is 3.19. The Morgan fingerprint density at radius 1 is 1.34 bits per heavy atom. The minimum Gasteiger partial charge on any atom is -0.492 e. The van der Waals surface area contributed by atoms with Gasteiger partial charge in [0.1, 0.15) is 18.4 Å². The number of benzene rings is 2. The molecule has 0 aromatic heterocycles. The van der Waals surface area contributed by atoms with Gasteiger partial charge in [0.05, 0.1) is 12.7 Å². The van der Waals surface area contributed by atoms with Crippen molar-refractivity contribution in [3.63, 3.8) is 0 Å². The van der Waals surface area contributed by atoms with Gasteiger partial charge in [0.15, 0.2) is 17.8 Å². The molecule has 0 fully saturated rings. The van der Waals surface area contributed by atoms with Crippen molar-refractivity contribution >= 4 is 22.2 Å². The van der Waals surface area contributed by atoms with Gasteiger partial charge in [0, 0.05) is 16.6 Å². The largest absolute Gasteiger partial charge is 0.492 e. The first kappa shape index (κ1) is 19.6. The molecule has 0 saturated heterocycles. The number of hydrogen-bond donors (Lipinski definition) is 0. The van der Waals surface area contributed by atoms with Gasteiger partial charge in [0.2, 0.25) is 12.5 Å². The third-order valence-electron chi connectivity index (χ3n) is 5.03. The predicted octanol–water partition coefficient (Wildman–Crippen LogP) is 3.61. The summed E-state index contributed by atoms with van der Waals surface area (Å²) in [5, 5.41) is 0. The summed E-state index contributed by atoms with van der Waals surface area (Å²) in [5.74, 6) is 8.92. The molecule has 7 heteroatoms. The van der Waals surface area contributed by atoms with Crippen LogP contribution in [0.15, 0.2) is 28.7 Å². The van der Waals surface area contributed by atoms with Crippen molar-refractivity contribution in [3.05, 3.63) is 45.4 Å². The Balaban J connectivity index is 1.59. The van der Waals surface area contributed by atoms with Gasteiger partial charge < -0.3 is 18.9 Å². The Morgan fingerprint density at radius 2 is 2.21 bits per heavy atom. The number of fused-ring (bicyclic) bond motifs is 2. The zero-order chi connectivity index (χ0) is 20.4. The molecule has 29 heavy (non-hydrogen) atoms. The van der Waals surface area contributed by atoms with Crippen LogP contribution in [0.3, 0.4) is 0 Å². The van der Waals surface area contributed by atoms with Crippen LogP contribution in [0.1, 0.15) is 27.5 Å². The van der Waals surface area contributed by atoms with Crippen LogP contribution in [0, 0.1) is 11.8 Å². The van der Waals surface area contributed by atoms with Crippen LogP contribution >= 0.6 is 15.9 Å². The highest BCUT2D eigenvalue weighted by molar-refractivity contribution is 9.10. The SMILES string of the molecule is COc1c2c(cc3c1[C@@H](C#CCOc1ccc(Br)cc1C=O)N(C)CC3)OCO2. The molecule has 0 aliphatic carbocycles. The number of carbonyl (C=O) groups is 1. The van der Waals surface area contributed by atoms with Crippen molar-refractivity contribution in [3.8, 4) is 34.8 Å². The summed E-state index contributed by atoms with van der Waals surface area (Å²) in [4.78, 5) is 13.4. The lowest BCUT2D eigenvalue weighted by atomic mass is 9.91. The van der Waals surface area contributed by atoms with Crippen LogP contribution in [0.4, 0.5) is 0 Å². The minimum atomic E-state index is -0.151. The number of hydrogen-bond acceptors (Lipinski definition) is 6. The molecular formula is C22H20BrNO5. The van der Waals surface area contributed by atoms with E-state index in [1.807, 2.05) is 19.2 Å². The third-order valence-corrected chi connectivity index (χ3v) is 5.53. The van der Waals surface area contributed by atoms with E-state index in [0.29, 0.717) is 22.8 Å². The molecule has 2 aromatic carbocycles. The van der Waals surface area contributed by atoms with Crippen molar-refractivity contribution in [2.24, 2.45) is 0 Å². The maximum Gasteiger partial charge on any atom is 0.231 e. The normalized spacial score (nSPS) is 17.1. The van der Waals surface area contributed by atoms with Gasteiger partial charge in [-0.25, -0.2) is 0 Å². The molecule has 2 aliphatic heterocycles. The minimum absolute atomic E-state index is 0.151. The van der Waals surface area contributed by atoms with Gasteiger partial charge >= 0.3 is 0 Å². The number of methoxy groups -OCH3 is 1. The number of aldehydes is 1. The second kappa shape index (κ2) is 8.36. The van der Waals surface area contributed by atoms with E-state index < -0.39 is 0 Å². The summed E-state index contributed by atoms with van der Waals surface area (Å²) >= 11 is 3.35. The van der Waals surface area contributed by atoms with E-state index in [1.54, 1.807) is 19.2 Å². The fourth-order valence-corrected chi connectivity index (χ4v) is 3.99. The summed E-state index contributed by atoms with van der Waals surface area (Å²) in [6, 6.07) is 7.17. The Kier molecular flexibility index (Phi) is 5.65. The van der Waals surface area contributed by atoms with Crippen LogP contribution in [0.25, 0.3) is 0 Å². The Bertz CT molecular complexity index is 1010. The molecule has 0 N–H and O–H groups in total. The predicted molar refractivity (Wildman–Crippen MR) is 111 cm³/mol. The lowest BCUT2D eigenvalue weighted by molar-refractivity contribution is 0.112. The number of ether oxygens (including phenoxy) is 4. The average molecular weight is 458 g/mol. The summed E-state index contributed by atoms with van der Waals surface area (Å²) in [6.45, 7) is 1.24. The smallest absolute Gasteiger partial charge is 0.231 e. The van der Waals surface area contributed by atoms with Crippen LogP contribution in [-0.2, 0) is 6.42 Å². The maximum atomic E-state index is 11.2. The molecule has 150 valence electrons. The van der Waals surface area contributed by atoms with Gasteiger partial charge in [0.25, 0.3) is 0 Å². The van der Waals surface area contributed by atoms with E-state index in [-0.39, 0.29) is 19.4 Å². The molecule has 0 bridgehead atoms. The van der Waals surface area contributed by atoms with Crippen LogP contribution < -0.4 is 18.9 Å². The zero-order valence-corrected chi connectivity index (χ0v) is 17.7. The number of nitrogens with zero attached hydrogens (tertiary/aromatic N) is 1. The third kappa shape index (κ3) is 3.78. The standard InChI is InChI=1S/C22H20BrNO5/c1-24-8-7-14-11-19-21(29-13-28-19)22(26-2)20(14)17(24)4-3-9-27-18-6-5-16(23)10-15(18)12-25/h5-6,10-12,17H,7-9,13H2,1-2H3/t17-/m1/s1. The fraction of sp³-hybridized carbons (Fsp3) is 0.318. The van der Waals surface area contributed by atoms with Crippen molar-refractivity contribution in [2.45, 2.75) is 12.5 Å². The second-order valence-corrected chi connectivity index (χ2v) is 7.68. The molecule has 6 nitrogen and oxygen atoms in total. The van der Waals surface area contributed by atoms with Gasteiger partial charge in [-0.3, -0.25) is 9.69 Å². The van der Waals surface area contributed by atoms with Gasteiger partial charge in [-0.1, -0.05) is 27.8 Å². The van der Waals surface area contributed by atoms with Gasteiger partial charge in [-0.15, -0.1) is 0 Å². The second-order valence-electron chi connectivity index (χ2n) is 6.76. The van der Waals surface area contributed by atoms with Crippen LogP contribution in [0.5, 0.6) is 23.0 Å². The lowest BCUT2D eigenvalue weighted by Crippen LogP contribution is -2.31. The van der Waals surface area contributed by atoms with E-state index in [2.05, 4.69) is 32.7 Å². The molecule has 0 spiro atoms. The van der Waals surface area contributed by atoms with Crippen molar-refractivity contribution < 1.29 is 23.7 Å². The summed E-state index contributed by atoms with van der Waals surface area (Å²) in [7, 11) is 3.67. The van der Waals surface area contributed by atoms with E-state index >= 15 is 0 Å². The molecule has 4 rings (SSSR count). The Morgan fingerprint density at radius 3 is 3.00 bits per heavy atom. The molecule has 1 atom stereocenters. The molecular weight excluding hydrogens is 438 g/mol. The van der Waals surface area contributed by atoms with Crippen LogP contribution in [0.2, 0.25) is 0 Å². The van der Waals surface area contributed by atoms with E-state index in [0.717, 1.165) is 40.6 Å². The highest BCUT2D eigenvalue weighted by atomic mass is 79.9. The number of halogens is 1. The summed E-state index contributed by atoms with van der Waals surface area (Å²) < 4.78 is 23.4. The maximum absolute atomic E-state index is 11.2. The van der Waals surface area contributed by atoms with Gasteiger partial charge in [-0.05, 0) is 43.3 Å². The van der Waals surface area contributed by atoms with E-state index in [1.165, 1.54) is 0 Å². The van der Waals surface area contributed by atoms with Crippen molar-refractivity contribution in [1.29, 1.82) is 0 Å². The Labute approximate surface area is 177 Å². The molecule has 0 radical (unpaired) electrons. The topological polar surface area (TPSA) is 57.2 Å². The summed E-state index contributed by atoms with van der Waals surface area (Å²) in [6.07, 6.45) is 1.65. The van der Waals surface area contributed by atoms with E-state index in [4.69, 9.17) is 18.9 Å². The van der Waals surface area contributed by atoms with E-state index in [9.17, 15) is 4.79 Å². The molecule has 2 aliphatic rings. The van der Waals surface area contributed by atoms with Gasteiger partial charge in [-0.2, -0.15) is 0 Å². The number of likely N-dealkylation sites (N-methyl/N-ethyl adjacent to an activating group) is 1. The first-order chi connectivity index (χ1) is 14.1. The first-order valence-corrected chi connectivity index (χ1v) is 9.97. The lowest BCUT2D eigenvalue weighted by Gasteiger charge is -2.32. The molecule has 2 heterocycles. The number of carbonyl (C=O) groups excluding carboxylic acids is 1. The zero-order valence-electron chi connectivity index (χ0n) is 16.2. The molecule has 0 unspecified atom stereocenters. The van der Waals surface area contributed by atoms with Crippen molar-refractivity contribution in [1.82, 2.24) is 4.90 Å². The fourth-order valence-electron chi connectivity index (χ4n) is 3.61. The molecule has 2 aromatic rings.